The first-order valence-electron chi connectivity index (χ1n) is 6.75. The van der Waals surface area contributed by atoms with Crippen LogP contribution in [0.3, 0.4) is 0 Å². The molecular weight excluding hydrogens is 240 g/mol. The molecule has 4 nitrogen and oxygen atoms in total. The van der Waals surface area contributed by atoms with E-state index in [1.807, 2.05) is 18.4 Å². The molecule has 1 saturated heterocycles. The number of benzene rings is 1. The number of methoxy groups -OCH3 is 1. The maximum absolute atomic E-state index is 5.66. The van der Waals surface area contributed by atoms with Crippen molar-refractivity contribution in [2.24, 2.45) is 0 Å². The van der Waals surface area contributed by atoms with Crippen molar-refractivity contribution in [3.63, 3.8) is 0 Å². The highest BCUT2D eigenvalue weighted by molar-refractivity contribution is 5.83. The lowest BCUT2D eigenvalue weighted by Crippen LogP contribution is -2.28. The topological polar surface area (TPSA) is 37.6 Å². The van der Waals surface area contributed by atoms with Crippen LogP contribution in [0.2, 0.25) is 0 Å². The number of fused-ring (bicyclic) bond motifs is 1. The molecule has 3 rings (SSSR count). The number of nitrogens with zero attached hydrogens (tertiary/aromatic N) is 1. The average molecular weight is 260 g/mol. The lowest BCUT2D eigenvalue weighted by Gasteiger charge is -2.19. The molecule has 1 atom stereocenters. The van der Waals surface area contributed by atoms with Crippen LogP contribution >= 0.6 is 0 Å². The number of hydrogen-bond donors (Lipinski definition) is 1. The van der Waals surface area contributed by atoms with Gasteiger partial charge in [0.25, 0.3) is 0 Å². The fourth-order valence-corrected chi connectivity index (χ4v) is 2.73. The van der Waals surface area contributed by atoms with E-state index in [0.29, 0.717) is 6.04 Å². The third-order valence-corrected chi connectivity index (χ3v) is 3.79. The monoisotopic (exact) mass is 260 g/mol. The van der Waals surface area contributed by atoms with Gasteiger partial charge in [-0.1, -0.05) is 0 Å². The van der Waals surface area contributed by atoms with Crippen molar-refractivity contribution in [2.45, 2.75) is 12.5 Å². The standard InChI is InChI=1S/C15H20N2O2/c1-17-7-3-6-16-14(9-17)13-10-19-15-5-4-11(18-2)8-12(13)15/h4-5,8,10,14,16H,3,6-7,9H2,1-2H3. The SMILES string of the molecule is COc1ccc2occ(C3CN(C)CCCN3)c2c1. The Bertz CT molecular complexity index is 564. The first-order valence-corrected chi connectivity index (χ1v) is 6.75. The quantitative estimate of drug-likeness (QED) is 0.900. The van der Waals surface area contributed by atoms with E-state index >= 15 is 0 Å². The van der Waals surface area contributed by atoms with Crippen LogP contribution in [0, 0.1) is 0 Å². The molecule has 0 radical (unpaired) electrons. The fraction of sp³-hybridized carbons (Fsp3) is 0.467. The normalized spacial score (nSPS) is 21.5. The van der Waals surface area contributed by atoms with Crippen molar-refractivity contribution in [2.75, 3.05) is 33.8 Å². The van der Waals surface area contributed by atoms with E-state index in [9.17, 15) is 0 Å². The van der Waals surface area contributed by atoms with Gasteiger partial charge < -0.3 is 19.4 Å². The number of hydrogen-bond acceptors (Lipinski definition) is 4. The Morgan fingerprint density at radius 2 is 2.32 bits per heavy atom. The highest BCUT2D eigenvalue weighted by Gasteiger charge is 2.20. The zero-order chi connectivity index (χ0) is 13.2. The molecule has 1 N–H and O–H groups in total. The molecule has 1 aromatic heterocycles. The van der Waals surface area contributed by atoms with Crippen LogP contribution in [0.5, 0.6) is 5.75 Å². The highest BCUT2D eigenvalue weighted by Crippen LogP contribution is 2.30. The Balaban J connectivity index is 1.98. The van der Waals surface area contributed by atoms with Gasteiger partial charge in [0, 0.05) is 23.5 Å². The van der Waals surface area contributed by atoms with Crippen molar-refractivity contribution < 1.29 is 9.15 Å². The zero-order valence-electron chi connectivity index (χ0n) is 11.5. The largest absolute Gasteiger partial charge is 0.497 e. The molecule has 0 saturated carbocycles. The third kappa shape index (κ3) is 2.46. The molecule has 4 heteroatoms. The van der Waals surface area contributed by atoms with Crippen LogP contribution in [-0.4, -0.2) is 38.7 Å². The van der Waals surface area contributed by atoms with E-state index in [2.05, 4.69) is 23.3 Å². The summed E-state index contributed by atoms with van der Waals surface area (Å²) in [5.41, 5.74) is 2.15. The Morgan fingerprint density at radius 3 is 3.16 bits per heavy atom. The summed E-state index contributed by atoms with van der Waals surface area (Å²) in [4.78, 5) is 2.36. The number of rotatable bonds is 2. The molecule has 1 aliphatic heterocycles. The molecule has 0 spiro atoms. The van der Waals surface area contributed by atoms with E-state index in [0.717, 1.165) is 36.4 Å². The molecule has 0 amide bonds. The summed E-state index contributed by atoms with van der Waals surface area (Å²) in [5, 5.41) is 4.75. The van der Waals surface area contributed by atoms with Gasteiger partial charge >= 0.3 is 0 Å². The van der Waals surface area contributed by atoms with Gasteiger partial charge in [-0.15, -0.1) is 0 Å². The van der Waals surface area contributed by atoms with Crippen LogP contribution in [-0.2, 0) is 0 Å². The lowest BCUT2D eigenvalue weighted by atomic mass is 10.1. The van der Waals surface area contributed by atoms with E-state index in [4.69, 9.17) is 9.15 Å². The van der Waals surface area contributed by atoms with Gasteiger partial charge in [-0.3, -0.25) is 0 Å². The number of ether oxygens (including phenoxy) is 1. The Morgan fingerprint density at radius 1 is 1.42 bits per heavy atom. The summed E-state index contributed by atoms with van der Waals surface area (Å²) < 4.78 is 11.0. The Labute approximate surface area is 113 Å². The van der Waals surface area contributed by atoms with E-state index in [1.165, 1.54) is 12.0 Å². The maximum atomic E-state index is 5.66. The molecule has 1 aromatic carbocycles. The van der Waals surface area contributed by atoms with Gasteiger partial charge in [0.2, 0.25) is 0 Å². The van der Waals surface area contributed by atoms with Crippen molar-refractivity contribution in [3.05, 3.63) is 30.0 Å². The molecule has 1 unspecified atom stereocenters. The second kappa shape index (κ2) is 5.23. The number of furan rings is 1. The molecule has 19 heavy (non-hydrogen) atoms. The highest BCUT2D eigenvalue weighted by atomic mass is 16.5. The van der Waals surface area contributed by atoms with Crippen molar-refractivity contribution in [1.29, 1.82) is 0 Å². The molecule has 2 heterocycles. The molecule has 1 fully saturated rings. The van der Waals surface area contributed by atoms with Gasteiger partial charge in [-0.2, -0.15) is 0 Å². The molecule has 2 aromatic rings. The summed E-state index contributed by atoms with van der Waals surface area (Å²) in [5.74, 6) is 0.872. The van der Waals surface area contributed by atoms with Crippen LogP contribution in [0.25, 0.3) is 11.0 Å². The average Bonchev–Trinajstić information content (AvgIpc) is 2.73. The molecular formula is C15H20N2O2. The van der Waals surface area contributed by atoms with Crippen LogP contribution in [0.15, 0.2) is 28.9 Å². The minimum atomic E-state index is 0.320. The van der Waals surface area contributed by atoms with Crippen LogP contribution in [0.4, 0.5) is 0 Å². The molecule has 0 aliphatic carbocycles. The van der Waals surface area contributed by atoms with Gasteiger partial charge in [-0.25, -0.2) is 0 Å². The Kier molecular flexibility index (Phi) is 3.44. The predicted octanol–water partition coefficient (Wildman–Crippen LogP) is 2.41. The molecule has 1 aliphatic rings. The second-order valence-electron chi connectivity index (χ2n) is 5.18. The number of nitrogens with one attached hydrogen (secondary N) is 1. The van der Waals surface area contributed by atoms with Gasteiger partial charge in [0.15, 0.2) is 0 Å². The fourth-order valence-electron chi connectivity index (χ4n) is 2.73. The minimum Gasteiger partial charge on any atom is -0.497 e. The first kappa shape index (κ1) is 12.5. The summed E-state index contributed by atoms with van der Waals surface area (Å²) in [6.45, 7) is 3.19. The Hall–Kier alpha value is -1.52. The summed E-state index contributed by atoms with van der Waals surface area (Å²) >= 11 is 0. The van der Waals surface area contributed by atoms with Crippen LogP contribution < -0.4 is 10.1 Å². The maximum Gasteiger partial charge on any atom is 0.134 e. The van der Waals surface area contributed by atoms with E-state index in [1.54, 1.807) is 7.11 Å². The lowest BCUT2D eigenvalue weighted by molar-refractivity contribution is 0.326. The summed E-state index contributed by atoms with van der Waals surface area (Å²) in [7, 11) is 3.86. The van der Waals surface area contributed by atoms with Gasteiger partial charge in [0.05, 0.1) is 13.4 Å². The summed E-state index contributed by atoms with van der Waals surface area (Å²) in [6.07, 6.45) is 3.06. The first-order chi connectivity index (χ1) is 9.28. The van der Waals surface area contributed by atoms with Crippen LogP contribution in [0.1, 0.15) is 18.0 Å². The van der Waals surface area contributed by atoms with Crippen molar-refractivity contribution >= 4 is 11.0 Å². The number of likely N-dealkylation sites (N-methyl/N-ethyl adjacent to an activating group) is 1. The smallest absolute Gasteiger partial charge is 0.134 e. The van der Waals surface area contributed by atoms with E-state index in [-0.39, 0.29) is 0 Å². The van der Waals surface area contributed by atoms with Gasteiger partial charge in [-0.05, 0) is 44.8 Å². The minimum absolute atomic E-state index is 0.320. The van der Waals surface area contributed by atoms with E-state index < -0.39 is 0 Å². The molecule has 102 valence electrons. The zero-order valence-corrected chi connectivity index (χ0v) is 11.5. The second-order valence-corrected chi connectivity index (χ2v) is 5.18. The van der Waals surface area contributed by atoms with Crippen molar-refractivity contribution in [1.82, 2.24) is 10.2 Å². The third-order valence-electron chi connectivity index (χ3n) is 3.79. The summed E-state index contributed by atoms with van der Waals surface area (Å²) in [6, 6.07) is 6.28. The molecule has 0 bridgehead atoms. The predicted molar refractivity (Wildman–Crippen MR) is 75.6 cm³/mol. The van der Waals surface area contributed by atoms with Gasteiger partial charge in [0.1, 0.15) is 11.3 Å². The van der Waals surface area contributed by atoms with Crippen molar-refractivity contribution in [3.8, 4) is 5.75 Å².